The predicted octanol–water partition coefficient (Wildman–Crippen LogP) is 4.34. The van der Waals surface area contributed by atoms with Crippen LogP contribution < -0.4 is 5.73 Å². The fourth-order valence-corrected chi connectivity index (χ4v) is 3.80. The third kappa shape index (κ3) is 3.72. The number of nitrogens with two attached hydrogens (primary N) is 1. The molecule has 0 atom stereocenters. The first kappa shape index (κ1) is 20.6. The van der Waals surface area contributed by atoms with Crippen LogP contribution in [0.4, 0.5) is 0 Å². The summed E-state index contributed by atoms with van der Waals surface area (Å²) < 4.78 is 1.79. The van der Waals surface area contributed by atoms with Crippen LogP contribution in [0.1, 0.15) is 42.0 Å². The molecule has 0 saturated carbocycles. The van der Waals surface area contributed by atoms with Gasteiger partial charge in [0.2, 0.25) is 5.78 Å². The molecule has 0 aliphatic rings. The van der Waals surface area contributed by atoms with Gasteiger partial charge in [0, 0.05) is 47.7 Å². The van der Waals surface area contributed by atoms with Crippen molar-refractivity contribution in [1.29, 1.82) is 0 Å². The average molecular weight is 420 g/mol. The SMILES string of the molecule is CCCN(CC)C(=O)c1cn2c(-c3ccc(Cl)cc3Cl)c(CN)c(C)nc2n1. The molecule has 3 aromatic rings. The molecule has 3 rings (SSSR count). The third-order valence-corrected chi connectivity index (χ3v) is 5.24. The Morgan fingerprint density at radius 3 is 2.61 bits per heavy atom. The molecule has 0 spiro atoms. The summed E-state index contributed by atoms with van der Waals surface area (Å²) in [5, 5.41) is 1.04. The molecule has 0 saturated heterocycles. The molecule has 2 heterocycles. The minimum Gasteiger partial charge on any atom is -0.338 e. The maximum Gasteiger partial charge on any atom is 0.274 e. The third-order valence-electron chi connectivity index (χ3n) is 4.69. The van der Waals surface area contributed by atoms with Crippen molar-refractivity contribution in [2.75, 3.05) is 13.1 Å². The lowest BCUT2D eigenvalue weighted by atomic mass is 10.0. The standard InChI is InChI=1S/C20H23Cl2N5O/c1-4-8-26(5-2)19(28)17-11-27-18(14-7-6-13(21)9-16(14)22)15(10-23)12(3)24-20(27)25-17/h6-7,9,11H,4-5,8,10,23H2,1-3H3. The monoisotopic (exact) mass is 419 g/mol. The highest BCUT2D eigenvalue weighted by Gasteiger charge is 2.22. The van der Waals surface area contributed by atoms with E-state index in [9.17, 15) is 4.79 Å². The number of rotatable bonds is 6. The molecular formula is C20H23Cl2N5O. The van der Waals surface area contributed by atoms with Crippen molar-refractivity contribution < 1.29 is 4.79 Å². The number of aryl methyl sites for hydroxylation is 1. The van der Waals surface area contributed by atoms with Gasteiger partial charge in [-0.05, 0) is 38.5 Å². The van der Waals surface area contributed by atoms with E-state index in [0.717, 1.165) is 28.9 Å². The van der Waals surface area contributed by atoms with Gasteiger partial charge in [-0.15, -0.1) is 0 Å². The fraction of sp³-hybridized carbons (Fsp3) is 0.350. The zero-order chi connectivity index (χ0) is 20.4. The Kier molecular flexibility index (Phi) is 6.23. The largest absolute Gasteiger partial charge is 0.338 e. The summed E-state index contributed by atoms with van der Waals surface area (Å²) in [5.41, 5.74) is 9.50. The van der Waals surface area contributed by atoms with Crippen LogP contribution in [0.15, 0.2) is 24.4 Å². The quantitative estimate of drug-likeness (QED) is 0.644. The number of benzene rings is 1. The summed E-state index contributed by atoms with van der Waals surface area (Å²) >= 11 is 12.5. The molecule has 0 unspecified atom stereocenters. The predicted molar refractivity (Wildman–Crippen MR) is 113 cm³/mol. The van der Waals surface area contributed by atoms with Gasteiger partial charge >= 0.3 is 0 Å². The number of amides is 1. The number of aromatic nitrogens is 3. The second-order valence-electron chi connectivity index (χ2n) is 6.53. The smallest absolute Gasteiger partial charge is 0.274 e. The van der Waals surface area contributed by atoms with Crippen molar-refractivity contribution >= 4 is 34.9 Å². The van der Waals surface area contributed by atoms with E-state index in [-0.39, 0.29) is 12.5 Å². The van der Waals surface area contributed by atoms with Crippen LogP contribution in [-0.4, -0.2) is 38.3 Å². The van der Waals surface area contributed by atoms with Crippen LogP contribution in [-0.2, 0) is 6.54 Å². The normalized spacial score (nSPS) is 11.2. The number of fused-ring (bicyclic) bond motifs is 1. The summed E-state index contributed by atoms with van der Waals surface area (Å²) in [6.45, 7) is 7.45. The maximum absolute atomic E-state index is 12.9. The fourth-order valence-electron chi connectivity index (χ4n) is 3.30. The van der Waals surface area contributed by atoms with Crippen molar-refractivity contribution in [3.8, 4) is 11.3 Å². The van der Waals surface area contributed by atoms with E-state index in [1.165, 1.54) is 0 Å². The molecule has 0 aliphatic carbocycles. The Morgan fingerprint density at radius 2 is 2.00 bits per heavy atom. The van der Waals surface area contributed by atoms with Crippen molar-refractivity contribution in [3.63, 3.8) is 0 Å². The number of imidazole rings is 1. The molecule has 8 heteroatoms. The maximum atomic E-state index is 12.9. The number of hydrogen-bond donors (Lipinski definition) is 1. The topological polar surface area (TPSA) is 76.5 Å². The van der Waals surface area contributed by atoms with E-state index >= 15 is 0 Å². The van der Waals surface area contributed by atoms with Gasteiger partial charge in [0.1, 0.15) is 5.69 Å². The Balaban J connectivity index is 2.24. The van der Waals surface area contributed by atoms with Crippen molar-refractivity contribution in [3.05, 3.63) is 51.4 Å². The highest BCUT2D eigenvalue weighted by atomic mass is 35.5. The zero-order valence-electron chi connectivity index (χ0n) is 16.2. The van der Waals surface area contributed by atoms with E-state index in [4.69, 9.17) is 28.9 Å². The highest BCUT2D eigenvalue weighted by molar-refractivity contribution is 6.36. The number of carbonyl (C=O) groups is 1. The molecule has 0 aliphatic heterocycles. The minimum absolute atomic E-state index is 0.116. The average Bonchev–Trinajstić information content (AvgIpc) is 3.08. The summed E-state index contributed by atoms with van der Waals surface area (Å²) in [4.78, 5) is 23.7. The van der Waals surface area contributed by atoms with Gasteiger partial charge in [-0.3, -0.25) is 9.20 Å². The van der Waals surface area contributed by atoms with Gasteiger partial charge in [0.05, 0.1) is 10.7 Å². The number of halogens is 2. The van der Waals surface area contributed by atoms with Gasteiger partial charge < -0.3 is 10.6 Å². The highest BCUT2D eigenvalue weighted by Crippen LogP contribution is 2.34. The van der Waals surface area contributed by atoms with Gasteiger partial charge in [-0.2, -0.15) is 0 Å². The van der Waals surface area contributed by atoms with Gasteiger partial charge in [-0.25, -0.2) is 9.97 Å². The first-order valence-electron chi connectivity index (χ1n) is 9.24. The number of hydrogen-bond acceptors (Lipinski definition) is 4. The van der Waals surface area contributed by atoms with Crippen molar-refractivity contribution in [2.45, 2.75) is 33.7 Å². The molecule has 0 bridgehead atoms. The van der Waals surface area contributed by atoms with Gasteiger partial charge in [0.15, 0.2) is 0 Å². The van der Waals surface area contributed by atoms with Gasteiger partial charge in [-0.1, -0.05) is 30.1 Å². The van der Waals surface area contributed by atoms with Crippen molar-refractivity contribution in [1.82, 2.24) is 19.3 Å². The summed E-state index contributed by atoms with van der Waals surface area (Å²) in [6, 6.07) is 5.30. The molecular weight excluding hydrogens is 397 g/mol. The zero-order valence-corrected chi connectivity index (χ0v) is 17.7. The van der Waals surface area contributed by atoms with Crippen LogP contribution in [0, 0.1) is 6.92 Å². The molecule has 148 valence electrons. The minimum atomic E-state index is -0.116. The molecule has 2 aromatic heterocycles. The number of nitrogens with zero attached hydrogens (tertiary/aromatic N) is 4. The van der Waals surface area contributed by atoms with Crippen LogP contribution in [0.5, 0.6) is 0 Å². The lowest BCUT2D eigenvalue weighted by Crippen LogP contribution is -2.31. The molecule has 6 nitrogen and oxygen atoms in total. The van der Waals surface area contributed by atoms with E-state index in [2.05, 4.69) is 9.97 Å². The van der Waals surface area contributed by atoms with Crippen LogP contribution >= 0.6 is 23.2 Å². The molecule has 0 fully saturated rings. The second kappa shape index (κ2) is 8.47. The van der Waals surface area contributed by atoms with E-state index < -0.39 is 0 Å². The van der Waals surface area contributed by atoms with Crippen LogP contribution in [0.2, 0.25) is 10.0 Å². The molecule has 1 amide bonds. The Hall–Kier alpha value is -2.15. The van der Waals surface area contributed by atoms with E-state index in [1.54, 1.807) is 27.6 Å². The second-order valence-corrected chi connectivity index (χ2v) is 7.38. The molecule has 1 aromatic carbocycles. The summed E-state index contributed by atoms with van der Waals surface area (Å²) in [7, 11) is 0. The first-order chi connectivity index (χ1) is 13.4. The number of carbonyl (C=O) groups excluding carboxylic acids is 1. The van der Waals surface area contributed by atoms with E-state index in [0.29, 0.717) is 34.6 Å². The van der Waals surface area contributed by atoms with Crippen molar-refractivity contribution in [2.24, 2.45) is 5.73 Å². The van der Waals surface area contributed by atoms with Gasteiger partial charge in [0.25, 0.3) is 5.91 Å². The lowest BCUT2D eigenvalue weighted by molar-refractivity contribution is 0.0759. The molecule has 28 heavy (non-hydrogen) atoms. The first-order valence-corrected chi connectivity index (χ1v) is 10.00. The Bertz CT molecular complexity index is 1030. The Morgan fingerprint density at radius 1 is 1.25 bits per heavy atom. The van der Waals surface area contributed by atoms with Crippen LogP contribution in [0.3, 0.4) is 0 Å². The molecule has 0 radical (unpaired) electrons. The summed E-state index contributed by atoms with van der Waals surface area (Å²) in [5.74, 6) is 0.321. The molecule has 2 N–H and O–H groups in total. The Labute approximate surface area is 174 Å². The summed E-state index contributed by atoms with van der Waals surface area (Å²) in [6.07, 6.45) is 2.59. The lowest BCUT2D eigenvalue weighted by Gasteiger charge is -2.18. The van der Waals surface area contributed by atoms with E-state index in [1.807, 2.05) is 26.8 Å². The van der Waals surface area contributed by atoms with Crippen LogP contribution in [0.25, 0.3) is 17.0 Å².